The average molecular weight is 293 g/mol. The summed E-state index contributed by atoms with van der Waals surface area (Å²) in [4.78, 5) is 29.6. The zero-order chi connectivity index (χ0) is 15.2. The zero-order valence-corrected chi connectivity index (χ0v) is 12.2. The highest BCUT2D eigenvalue weighted by atomic mass is 16.7. The third-order valence-corrected chi connectivity index (χ3v) is 3.48. The number of esters is 2. The molecule has 0 aliphatic carbocycles. The van der Waals surface area contributed by atoms with Crippen LogP contribution in [0.3, 0.4) is 0 Å². The van der Waals surface area contributed by atoms with Crippen LogP contribution < -0.4 is 5.06 Å². The van der Waals surface area contributed by atoms with Crippen molar-refractivity contribution in [1.29, 1.82) is 0 Å². The highest BCUT2D eigenvalue weighted by molar-refractivity contribution is 5.96. The summed E-state index contributed by atoms with van der Waals surface area (Å²) in [6.45, 7) is 0.542. The van der Waals surface area contributed by atoms with E-state index in [2.05, 4.69) is 0 Å². The summed E-state index contributed by atoms with van der Waals surface area (Å²) >= 11 is 0. The number of hydroxylamine groups is 1. The molecule has 1 aromatic rings. The van der Waals surface area contributed by atoms with E-state index in [0.717, 1.165) is 12.1 Å². The predicted molar refractivity (Wildman–Crippen MR) is 75.4 cm³/mol. The van der Waals surface area contributed by atoms with Crippen molar-refractivity contribution in [3.8, 4) is 0 Å². The summed E-state index contributed by atoms with van der Waals surface area (Å²) < 4.78 is 9.50. The molecule has 0 N–H and O–H groups in total. The molecule has 0 aromatic heterocycles. The second-order valence-corrected chi connectivity index (χ2v) is 4.73. The Morgan fingerprint density at radius 1 is 1.19 bits per heavy atom. The number of hydrogen-bond donors (Lipinski definition) is 0. The van der Waals surface area contributed by atoms with Gasteiger partial charge in [-0.25, -0.2) is 5.06 Å². The average Bonchev–Trinajstić information content (AvgIpc) is 2.56. The van der Waals surface area contributed by atoms with Gasteiger partial charge in [0, 0.05) is 0 Å². The van der Waals surface area contributed by atoms with Crippen LogP contribution in [0, 0.1) is 5.92 Å². The Hall–Kier alpha value is -2.08. The molecular weight excluding hydrogens is 274 g/mol. The van der Waals surface area contributed by atoms with Crippen molar-refractivity contribution in [3.63, 3.8) is 0 Å². The van der Waals surface area contributed by atoms with Crippen LogP contribution >= 0.6 is 0 Å². The van der Waals surface area contributed by atoms with E-state index in [0.29, 0.717) is 13.0 Å². The topological polar surface area (TPSA) is 65.1 Å². The number of para-hydroxylation sites is 1. The van der Waals surface area contributed by atoms with Gasteiger partial charge in [0.05, 0.1) is 32.6 Å². The molecule has 1 heterocycles. The van der Waals surface area contributed by atoms with Crippen LogP contribution in [0.15, 0.2) is 30.3 Å². The Morgan fingerprint density at radius 2 is 1.81 bits per heavy atom. The molecule has 0 saturated carbocycles. The normalized spacial score (nSPS) is 18.4. The molecule has 0 spiro atoms. The monoisotopic (exact) mass is 293 g/mol. The SMILES string of the molecule is COC(=O)C(C(=O)OC)[C@H]1CCCON1c1ccccc1. The van der Waals surface area contributed by atoms with Gasteiger partial charge in [0.2, 0.25) is 0 Å². The minimum Gasteiger partial charge on any atom is -0.468 e. The van der Waals surface area contributed by atoms with Gasteiger partial charge < -0.3 is 9.47 Å². The Kier molecular flexibility index (Phi) is 5.16. The number of anilines is 1. The Morgan fingerprint density at radius 3 is 2.38 bits per heavy atom. The van der Waals surface area contributed by atoms with Gasteiger partial charge in [0.1, 0.15) is 0 Å². The van der Waals surface area contributed by atoms with Gasteiger partial charge in [-0.3, -0.25) is 14.4 Å². The van der Waals surface area contributed by atoms with Gasteiger partial charge >= 0.3 is 11.9 Å². The summed E-state index contributed by atoms with van der Waals surface area (Å²) in [5, 5.41) is 1.61. The second kappa shape index (κ2) is 7.08. The fourth-order valence-corrected chi connectivity index (χ4v) is 2.48. The molecule has 1 aliphatic rings. The molecule has 1 atom stereocenters. The van der Waals surface area contributed by atoms with Crippen molar-refractivity contribution in [3.05, 3.63) is 30.3 Å². The molecule has 6 heteroatoms. The molecule has 6 nitrogen and oxygen atoms in total. The molecule has 0 radical (unpaired) electrons. The third-order valence-electron chi connectivity index (χ3n) is 3.48. The number of hydrogen-bond acceptors (Lipinski definition) is 6. The number of carbonyl (C=O) groups is 2. The minimum absolute atomic E-state index is 0.443. The van der Waals surface area contributed by atoms with E-state index >= 15 is 0 Å². The molecule has 1 aliphatic heterocycles. The second-order valence-electron chi connectivity index (χ2n) is 4.73. The van der Waals surface area contributed by atoms with Crippen LogP contribution in [0.25, 0.3) is 0 Å². The quantitative estimate of drug-likeness (QED) is 0.620. The van der Waals surface area contributed by atoms with Crippen LogP contribution in [0.5, 0.6) is 0 Å². The highest BCUT2D eigenvalue weighted by Crippen LogP contribution is 2.29. The van der Waals surface area contributed by atoms with Gasteiger partial charge in [-0.15, -0.1) is 0 Å². The lowest BCUT2D eigenvalue weighted by molar-refractivity contribution is -0.162. The number of nitrogens with zero attached hydrogens (tertiary/aromatic N) is 1. The van der Waals surface area contributed by atoms with E-state index in [4.69, 9.17) is 14.3 Å². The Balaban J connectivity index is 2.31. The van der Waals surface area contributed by atoms with Crippen molar-refractivity contribution in [1.82, 2.24) is 0 Å². The lowest BCUT2D eigenvalue weighted by Gasteiger charge is -2.38. The first kappa shape index (κ1) is 15.3. The van der Waals surface area contributed by atoms with Crippen molar-refractivity contribution >= 4 is 17.6 Å². The lowest BCUT2D eigenvalue weighted by Crippen LogP contribution is -2.50. The molecule has 21 heavy (non-hydrogen) atoms. The summed E-state index contributed by atoms with van der Waals surface area (Å²) in [7, 11) is 2.52. The number of carbonyl (C=O) groups excluding carboxylic acids is 2. The maximum Gasteiger partial charge on any atom is 0.322 e. The first-order valence-corrected chi connectivity index (χ1v) is 6.82. The summed E-state index contributed by atoms with van der Waals surface area (Å²) in [5.41, 5.74) is 0.792. The number of benzene rings is 1. The van der Waals surface area contributed by atoms with E-state index in [1.165, 1.54) is 14.2 Å². The summed E-state index contributed by atoms with van der Waals surface area (Å²) in [6, 6.07) is 8.92. The summed E-state index contributed by atoms with van der Waals surface area (Å²) in [5.74, 6) is -2.25. The number of rotatable bonds is 4. The first-order valence-electron chi connectivity index (χ1n) is 6.82. The van der Waals surface area contributed by atoms with Crippen LogP contribution in [0.4, 0.5) is 5.69 Å². The molecule has 1 aromatic carbocycles. The van der Waals surface area contributed by atoms with Crippen molar-refractivity contribution in [2.24, 2.45) is 5.92 Å². The molecule has 0 amide bonds. The molecule has 1 saturated heterocycles. The Labute approximate surface area is 123 Å². The molecular formula is C15H19NO5. The van der Waals surface area contributed by atoms with E-state index in [1.807, 2.05) is 30.3 Å². The smallest absolute Gasteiger partial charge is 0.322 e. The van der Waals surface area contributed by atoms with Gasteiger partial charge in [-0.2, -0.15) is 0 Å². The van der Waals surface area contributed by atoms with Crippen LogP contribution in [0.2, 0.25) is 0 Å². The number of ether oxygens (including phenoxy) is 2. The predicted octanol–water partition coefficient (Wildman–Crippen LogP) is 1.55. The maximum atomic E-state index is 12.0. The van der Waals surface area contributed by atoms with Gasteiger partial charge in [0.25, 0.3) is 0 Å². The fraction of sp³-hybridized carbons (Fsp3) is 0.467. The molecule has 0 unspecified atom stereocenters. The number of methoxy groups -OCH3 is 2. The van der Waals surface area contributed by atoms with Gasteiger partial charge in [-0.1, -0.05) is 18.2 Å². The van der Waals surface area contributed by atoms with E-state index in [9.17, 15) is 9.59 Å². The van der Waals surface area contributed by atoms with Crippen molar-refractivity contribution in [2.75, 3.05) is 25.9 Å². The lowest BCUT2D eigenvalue weighted by atomic mass is 9.94. The van der Waals surface area contributed by atoms with Crippen LogP contribution in [0.1, 0.15) is 12.8 Å². The van der Waals surface area contributed by atoms with Crippen molar-refractivity contribution < 1.29 is 23.9 Å². The van der Waals surface area contributed by atoms with E-state index < -0.39 is 23.9 Å². The van der Waals surface area contributed by atoms with Crippen molar-refractivity contribution in [2.45, 2.75) is 18.9 Å². The summed E-state index contributed by atoms with van der Waals surface area (Å²) in [6.07, 6.45) is 1.41. The first-order chi connectivity index (χ1) is 10.2. The van der Waals surface area contributed by atoms with E-state index in [-0.39, 0.29) is 0 Å². The largest absolute Gasteiger partial charge is 0.468 e. The van der Waals surface area contributed by atoms with Crippen LogP contribution in [-0.4, -0.2) is 38.8 Å². The molecule has 0 bridgehead atoms. The minimum atomic E-state index is -1.03. The molecule has 1 fully saturated rings. The van der Waals surface area contributed by atoms with Gasteiger partial charge in [0.15, 0.2) is 5.92 Å². The molecule has 2 rings (SSSR count). The highest BCUT2D eigenvalue weighted by Gasteiger charge is 2.42. The zero-order valence-electron chi connectivity index (χ0n) is 12.2. The van der Waals surface area contributed by atoms with Gasteiger partial charge in [-0.05, 0) is 25.0 Å². The standard InChI is InChI=1S/C15H19NO5/c1-19-14(17)13(15(18)20-2)12-9-6-10-21-16(12)11-7-4-3-5-8-11/h3-5,7-8,12-13H,6,9-10H2,1-2H3/t12-/m1/s1. The van der Waals surface area contributed by atoms with E-state index in [1.54, 1.807) is 5.06 Å². The Bertz CT molecular complexity index is 474. The van der Waals surface area contributed by atoms with Crippen LogP contribution in [-0.2, 0) is 23.9 Å². The third kappa shape index (κ3) is 3.33. The maximum absolute atomic E-state index is 12.0. The molecule has 114 valence electrons. The fourth-order valence-electron chi connectivity index (χ4n) is 2.48.